The van der Waals surface area contributed by atoms with E-state index in [-0.39, 0.29) is 13.2 Å². The summed E-state index contributed by atoms with van der Waals surface area (Å²) in [6, 6.07) is 9.08. The number of benzene rings is 1. The molecule has 42 heavy (non-hydrogen) atoms. The smallest absolute Gasteiger partial charge is 0.408 e. The first kappa shape index (κ1) is 29.3. The van der Waals surface area contributed by atoms with E-state index < -0.39 is 23.0 Å². The normalized spacial score (nSPS) is 16.3. The van der Waals surface area contributed by atoms with Crippen molar-refractivity contribution in [3.8, 4) is 34.3 Å². The van der Waals surface area contributed by atoms with Crippen LogP contribution in [0.2, 0.25) is 0 Å². The van der Waals surface area contributed by atoms with Gasteiger partial charge in [-0.2, -0.15) is 4.98 Å². The molecule has 224 valence electrons. The van der Waals surface area contributed by atoms with Crippen molar-refractivity contribution in [1.82, 2.24) is 20.4 Å². The number of carbonyl (C=O) groups excluding carboxylic acids is 1. The lowest BCUT2D eigenvalue weighted by atomic mass is 9.96. The lowest BCUT2D eigenvalue weighted by Crippen LogP contribution is -2.59. The predicted molar refractivity (Wildman–Crippen MR) is 152 cm³/mol. The van der Waals surface area contributed by atoms with Crippen molar-refractivity contribution in [1.29, 1.82) is 0 Å². The number of rotatable bonds is 8. The monoisotopic (exact) mass is 580 g/mol. The van der Waals surface area contributed by atoms with E-state index in [0.717, 1.165) is 0 Å². The van der Waals surface area contributed by atoms with Gasteiger partial charge in [0.25, 0.3) is 5.89 Å². The number of hydrogen-bond acceptors (Lipinski definition) is 11. The summed E-state index contributed by atoms with van der Waals surface area (Å²) in [4.78, 5) is 21.9. The fourth-order valence-electron chi connectivity index (χ4n) is 4.39. The minimum atomic E-state index is -1.13. The molecule has 5 rings (SSSR count). The number of fused-ring (bicyclic) bond motifs is 1. The quantitative estimate of drug-likeness (QED) is 0.268. The maximum Gasteiger partial charge on any atom is 0.408 e. The summed E-state index contributed by atoms with van der Waals surface area (Å²) in [6.07, 6.45) is 0.976. The Balaban J connectivity index is 1.44. The molecule has 4 aromatic rings. The van der Waals surface area contributed by atoms with Crippen molar-refractivity contribution >= 4 is 17.2 Å². The van der Waals surface area contributed by atoms with Crippen LogP contribution in [-0.4, -0.2) is 59.0 Å². The Morgan fingerprint density at radius 2 is 1.71 bits per heavy atom. The molecule has 0 spiro atoms. The first-order valence-electron chi connectivity index (χ1n) is 13.8. The Bertz CT molecular complexity index is 1560. The van der Waals surface area contributed by atoms with Gasteiger partial charge in [0.05, 0.1) is 26.4 Å². The minimum Gasteiger partial charge on any atom is -0.490 e. The number of ether oxygens (including phenoxy) is 5. The zero-order chi connectivity index (χ0) is 30.1. The van der Waals surface area contributed by atoms with E-state index in [4.69, 9.17) is 32.6 Å². The molecule has 4 heterocycles. The SMILES string of the molecule is CCOc1ccc(-c2nc(-c3cnc4oc(C5(NC(=O)OC(C)(C)C)COC(C)(C)OC5)cc4c3)no2)cc1OCC. The van der Waals surface area contributed by atoms with Crippen molar-refractivity contribution in [2.24, 2.45) is 0 Å². The summed E-state index contributed by atoms with van der Waals surface area (Å²) in [7, 11) is 0. The van der Waals surface area contributed by atoms with Crippen molar-refractivity contribution in [2.45, 2.75) is 65.4 Å². The molecule has 1 aliphatic rings. The first-order chi connectivity index (χ1) is 19.9. The number of nitrogens with one attached hydrogen (secondary N) is 1. The van der Waals surface area contributed by atoms with Crippen LogP contribution in [0.15, 0.2) is 45.5 Å². The van der Waals surface area contributed by atoms with Crippen LogP contribution in [0.5, 0.6) is 11.5 Å². The molecule has 1 N–H and O–H groups in total. The van der Waals surface area contributed by atoms with E-state index >= 15 is 0 Å². The van der Waals surface area contributed by atoms with Gasteiger partial charge in [-0.25, -0.2) is 9.78 Å². The molecule has 0 bridgehead atoms. The fourth-order valence-corrected chi connectivity index (χ4v) is 4.39. The third-order valence-corrected chi connectivity index (χ3v) is 6.39. The highest BCUT2D eigenvalue weighted by Crippen LogP contribution is 2.36. The average Bonchev–Trinajstić information content (AvgIpc) is 3.58. The Kier molecular flexibility index (Phi) is 7.86. The molecule has 0 radical (unpaired) electrons. The standard InChI is InChI=1S/C30H36N4O8/c1-8-36-21-11-10-18(13-22(21)37-9-2)26-32-24(34-42-26)20-12-19-14-23(40-25(19)31-15-20)30(16-38-29(6,7)39-17-30)33-27(35)41-28(3,4)5/h10-15H,8-9,16-17H2,1-7H3,(H,33,35). The number of hydrogen-bond donors (Lipinski definition) is 1. The number of pyridine rings is 1. The highest BCUT2D eigenvalue weighted by Gasteiger charge is 2.46. The molecule has 0 aliphatic carbocycles. The Morgan fingerprint density at radius 3 is 2.40 bits per heavy atom. The van der Waals surface area contributed by atoms with Crippen molar-refractivity contribution in [3.05, 3.63) is 42.3 Å². The second-order valence-corrected chi connectivity index (χ2v) is 11.4. The Labute approximate surface area is 243 Å². The van der Waals surface area contributed by atoms with Crippen molar-refractivity contribution < 1.29 is 37.4 Å². The van der Waals surface area contributed by atoms with Crippen LogP contribution in [-0.2, 0) is 19.7 Å². The molecule has 0 atom stereocenters. The van der Waals surface area contributed by atoms with Crippen LogP contribution >= 0.6 is 0 Å². The summed E-state index contributed by atoms with van der Waals surface area (Å²) in [5.41, 5.74) is -0.155. The average molecular weight is 581 g/mol. The van der Waals surface area contributed by atoms with Crippen molar-refractivity contribution in [3.63, 3.8) is 0 Å². The fraction of sp³-hybridized carbons (Fsp3) is 0.467. The number of furan rings is 1. The van der Waals surface area contributed by atoms with Gasteiger partial charge in [0.1, 0.15) is 16.9 Å². The summed E-state index contributed by atoms with van der Waals surface area (Å²) in [5.74, 6) is 1.50. The van der Waals surface area contributed by atoms with Gasteiger partial charge < -0.3 is 37.9 Å². The van der Waals surface area contributed by atoms with E-state index in [9.17, 15) is 4.79 Å². The van der Waals surface area contributed by atoms with Gasteiger partial charge in [0, 0.05) is 22.7 Å². The van der Waals surface area contributed by atoms with Crippen LogP contribution in [0.3, 0.4) is 0 Å². The Morgan fingerprint density at radius 1 is 1.00 bits per heavy atom. The van der Waals surface area contributed by atoms with Crippen LogP contribution in [0, 0.1) is 0 Å². The zero-order valence-corrected chi connectivity index (χ0v) is 24.9. The van der Waals surface area contributed by atoms with E-state index in [1.807, 2.05) is 38.1 Å². The molecule has 12 heteroatoms. The van der Waals surface area contributed by atoms with Gasteiger partial charge in [-0.15, -0.1) is 0 Å². The van der Waals surface area contributed by atoms with Gasteiger partial charge >= 0.3 is 6.09 Å². The topological polar surface area (TPSA) is 140 Å². The van der Waals surface area contributed by atoms with E-state index in [1.54, 1.807) is 46.9 Å². The number of alkyl carbamates (subject to hydrolysis) is 1. The van der Waals surface area contributed by atoms with Crippen molar-refractivity contribution in [2.75, 3.05) is 26.4 Å². The lowest BCUT2D eigenvalue weighted by molar-refractivity contribution is -0.274. The van der Waals surface area contributed by atoms with E-state index in [0.29, 0.717) is 64.4 Å². The molecule has 0 unspecified atom stereocenters. The molecular formula is C30H36N4O8. The maximum absolute atomic E-state index is 12.8. The summed E-state index contributed by atoms with van der Waals surface area (Å²) in [5, 5.41) is 7.74. The highest BCUT2D eigenvalue weighted by atomic mass is 16.7. The van der Waals surface area contributed by atoms with E-state index in [2.05, 4.69) is 20.4 Å². The van der Waals surface area contributed by atoms with Gasteiger partial charge in [-0.1, -0.05) is 5.16 Å². The molecule has 1 aromatic carbocycles. The van der Waals surface area contributed by atoms with Crippen LogP contribution in [0.25, 0.3) is 33.9 Å². The summed E-state index contributed by atoms with van der Waals surface area (Å²) in [6.45, 7) is 14.0. The molecule has 1 aliphatic heterocycles. The summed E-state index contributed by atoms with van der Waals surface area (Å²) < 4.78 is 40.4. The lowest BCUT2D eigenvalue weighted by Gasteiger charge is -2.42. The largest absolute Gasteiger partial charge is 0.490 e. The number of carbonyl (C=O) groups is 1. The van der Waals surface area contributed by atoms with Gasteiger partial charge in [-0.3, -0.25) is 0 Å². The molecule has 0 saturated carbocycles. The minimum absolute atomic E-state index is 0.103. The number of amides is 1. The molecule has 1 amide bonds. The highest BCUT2D eigenvalue weighted by molar-refractivity contribution is 5.80. The number of nitrogens with zero attached hydrogens (tertiary/aromatic N) is 3. The molecule has 3 aromatic heterocycles. The molecular weight excluding hydrogens is 544 g/mol. The third-order valence-electron chi connectivity index (χ3n) is 6.39. The number of aromatic nitrogens is 3. The zero-order valence-electron chi connectivity index (χ0n) is 24.9. The van der Waals surface area contributed by atoms with Crippen LogP contribution in [0.1, 0.15) is 54.2 Å². The van der Waals surface area contributed by atoms with Crippen LogP contribution < -0.4 is 14.8 Å². The third kappa shape index (κ3) is 6.34. The van der Waals surface area contributed by atoms with Gasteiger partial charge in [-0.05, 0) is 78.8 Å². The second kappa shape index (κ2) is 11.3. The van der Waals surface area contributed by atoms with Crippen LogP contribution in [0.4, 0.5) is 4.79 Å². The Hall–Kier alpha value is -4.16. The van der Waals surface area contributed by atoms with Gasteiger partial charge in [0.2, 0.25) is 11.5 Å². The molecule has 1 saturated heterocycles. The molecule has 1 fully saturated rings. The molecule has 12 nitrogen and oxygen atoms in total. The van der Waals surface area contributed by atoms with E-state index in [1.165, 1.54) is 0 Å². The predicted octanol–water partition coefficient (Wildman–Crippen LogP) is 5.85. The first-order valence-corrected chi connectivity index (χ1v) is 13.8. The van der Waals surface area contributed by atoms with Gasteiger partial charge in [0.15, 0.2) is 17.3 Å². The second-order valence-electron chi connectivity index (χ2n) is 11.4. The summed E-state index contributed by atoms with van der Waals surface area (Å²) >= 11 is 0. The maximum atomic E-state index is 12.8.